The maximum Gasteiger partial charge on any atom is 0.573 e. The molecular weight excluding hydrogens is 435 g/mol. The number of hydrogen-bond acceptors (Lipinski definition) is 7. The van der Waals surface area contributed by atoms with Crippen molar-refractivity contribution in [3.8, 4) is 11.5 Å². The zero-order chi connectivity index (χ0) is 22.4. The molecule has 0 spiro atoms. The predicted molar refractivity (Wildman–Crippen MR) is 107 cm³/mol. The van der Waals surface area contributed by atoms with Gasteiger partial charge in [-0.15, -0.1) is 18.3 Å². The van der Waals surface area contributed by atoms with Crippen LogP contribution in [-0.4, -0.2) is 44.8 Å². The Kier molecular flexibility index (Phi) is 7.00. The Labute approximate surface area is 179 Å². The lowest BCUT2D eigenvalue weighted by atomic mass is 10.2. The number of thioether (sulfide) groups is 1. The SMILES string of the molecule is COc1ccc(Cn2nnnc2SC(C)C(=O)Nc2ccc(OC(F)(F)F)cc2)cc1. The summed E-state index contributed by atoms with van der Waals surface area (Å²) in [6.07, 6.45) is -4.77. The molecule has 2 aromatic carbocycles. The van der Waals surface area contributed by atoms with Crippen molar-refractivity contribution in [1.29, 1.82) is 0 Å². The first-order chi connectivity index (χ1) is 14.7. The van der Waals surface area contributed by atoms with E-state index < -0.39 is 11.6 Å². The Morgan fingerprint density at radius 3 is 2.39 bits per heavy atom. The number of halogens is 3. The van der Waals surface area contributed by atoms with Gasteiger partial charge in [0, 0.05) is 5.69 Å². The van der Waals surface area contributed by atoms with Gasteiger partial charge in [0.1, 0.15) is 11.5 Å². The standard InChI is InChI=1S/C19H18F3N5O3S/c1-12(17(28)23-14-5-9-16(10-6-14)30-19(20,21)22)31-18-24-25-26-27(18)11-13-3-7-15(29-2)8-4-13/h3-10,12H,11H2,1-2H3,(H,23,28). The first-order valence-corrected chi connectivity index (χ1v) is 9.84. The molecule has 0 saturated carbocycles. The van der Waals surface area contributed by atoms with E-state index >= 15 is 0 Å². The second-order valence-corrected chi connectivity index (χ2v) is 7.60. The van der Waals surface area contributed by atoms with Gasteiger partial charge in [-0.05, 0) is 59.3 Å². The number of nitrogens with one attached hydrogen (secondary N) is 1. The highest BCUT2D eigenvalue weighted by molar-refractivity contribution is 8.00. The number of anilines is 1. The van der Waals surface area contributed by atoms with Gasteiger partial charge in [-0.1, -0.05) is 23.9 Å². The lowest BCUT2D eigenvalue weighted by Crippen LogP contribution is -2.23. The van der Waals surface area contributed by atoms with Gasteiger partial charge >= 0.3 is 6.36 Å². The van der Waals surface area contributed by atoms with Crippen LogP contribution < -0.4 is 14.8 Å². The molecule has 3 aromatic rings. The number of tetrazole rings is 1. The molecule has 8 nitrogen and oxygen atoms in total. The van der Waals surface area contributed by atoms with Gasteiger partial charge in [0.05, 0.1) is 18.9 Å². The molecule has 164 valence electrons. The van der Waals surface area contributed by atoms with Crippen LogP contribution in [0.5, 0.6) is 11.5 Å². The van der Waals surface area contributed by atoms with Crippen molar-refractivity contribution in [2.24, 2.45) is 0 Å². The molecule has 0 saturated heterocycles. The summed E-state index contributed by atoms with van der Waals surface area (Å²) in [7, 11) is 1.59. The van der Waals surface area contributed by atoms with Crippen molar-refractivity contribution in [3.63, 3.8) is 0 Å². The highest BCUT2D eigenvalue weighted by atomic mass is 32.2. The largest absolute Gasteiger partial charge is 0.573 e. The molecule has 1 aromatic heterocycles. The molecular formula is C19H18F3N5O3S. The third kappa shape index (κ3) is 6.60. The lowest BCUT2D eigenvalue weighted by Gasteiger charge is -2.13. The number of alkyl halides is 3. The minimum atomic E-state index is -4.77. The molecule has 0 aliphatic heterocycles. The number of carbonyl (C=O) groups is 1. The van der Waals surface area contributed by atoms with Crippen molar-refractivity contribution in [2.75, 3.05) is 12.4 Å². The summed E-state index contributed by atoms with van der Waals surface area (Å²) >= 11 is 1.16. The Morgan fingerprint density at radius 2 is 1.77 bits per heavy atom. The minimum Gasteiger partial charge on any atom is -0.497 e. The fourth-order valence-corrected chi connectivity index (χ4v) is 3.27. The Hall–Kier alpha value is -3.28. The highest BCUT2D eigenvalue weighted by Crippen LogP contribution is 2.25. The molecule has 1 N–H and O–H groups in total. The maximum atomic E-state index is 12.5. The van der Waals surface area contributed by atoms with E-state index in [1.165, 1.54) is 12.1 Å². The van der Waals surface area contributed by atoms with Crippen molar-refractivity contribution in [1.82, 2.24) is 20.2 Å². The molecule has 1 atom stereocenters. The molecule has 3 rings (SSSR count). The molecule has 1 unspecified atom stereocenters. The Balaban J connectivity index is 1.58. The summed E-state index contributed by atoms with van der Waals surface area (Å²) in [4.78, 5) is 12.5. The molecule has 0 aliphatic carbocycles. The van der Waals surface area contributed by atoms with Gasteiger partial charge in [-0.2, -0.15) is 0 Å². The monoisotopic (exact) mass is 453 g/mol. The molecule has 12 heteroatoms. The summed E-state index contributed by atoms with van der Waals surface area (Å²) in [5, 5.41) is 14.1. The van der Waals surface area contributed by atoms with Crippen molar-refractivity contribution >= 4 is 23.4 Å². The second-order valence-electron chi connectivity index (χ2n) is 6.29. The van der Waals surface area contributed by atoms with E-state index in [-0.39, 0.29) is 11.7 Å². The molecule has 0 radical (unpaired) electrons. The fraction of sp³-hybridized carbons (Fsp3) is 0.263. The van der Waals surface area contributed by atoms with E-state index in [2.05, 4.69) is 25.6 Å². The van der Waals surface area contributed by atoms with Crippen molar-refractivity contribution in [3.05, 3.63) is 54.1 Å². The summed E-state index contributed by atoms with van der Waals surface area (Å²) in [5.41, 5.74) is 1.29. The van der Waals surface area contributed by atoms with Gasteiger partial charge in [0.15, 0.2) is 0 Å². The van der Waals surface area contributed by atoms with E-state index in [4.69, 9.17) is 4.74 Å². The number of benzene rings is 2. The van der Waals surface area contributed by atoms with Gasteiger partial charge in [0.25, 0.3) is 0 Å². The number of rotatable bonds is 8. The fourth-order valence-electron chi connectivity index (χ4n) is 2.48. The van der Waals surface area contributed by atoms with Crippen LogP contribution in [0.2, 0.25) is 0 Å². The van der Waals surface area contributed by atoms with Crippen LogP contribution in [-0.2, 0) is 11.3 Å². The topological polar surface area (TPSA) is 91.2 Å². The van der Waals surface area contributed by atoms with Crippen LogP contribution in [0, 0.1) is 0 Å². The number of ether oxygens (including phenoxy) is 2. The first-order valence-electron chi connectivity index (χ1n) is 8.96. The van der Waals surface area contributed by atoms with Crippen LogP contribution in [0.15, 0.2) is 53.7 Å². The van der Waals surface area contributed by atoms with Crippen molar-refractivity contribution < 1.29 is 27.4 Å². The number of hydrogen-bond donors (Lipinski definition) is 1. The van der Waals surface area contributed by atoms with E-state index in [9.17, 15) is 18.0 Å². The summed E-state index contributed by atoms with van der Waals surface area (Å²) in [6.45, 7) is 2.09. The van der Waals surface area contributed by atoms with Crippen LogP contribution in [0.25, 0.3) is 0 Å². The molecule has 0 bridgehead atoms. The van der Waals surface area contributed by atoms with E-state index in [0.717, 1.165) is 35.2 Å². The number of nitrogens with zero attached hydrogens (tertiary/aromatic N) is 4. The lowest BCUT2D eigenvalue weighted by molar-refractivity contribution is -0.274. The predicted octanol–water partition coefficient (Wildman–Crippen LogP) is 3.75. The molecule has 1 amide bonds. The van der Waals surface area contributed by atoms with Gasteiger partial charge in [-0.3, -0.25) is 4.79 Å². The second kappa shape index (κ2) is 9.69. The van der Waals surface area contributed by atoms with E-state index in [1.807, 2.05) is 24.3 Å². The van der Waals surface area contributed by atoms with Gasteiger partial charge in [-0.25, -0.2) is 4.68 Å². The maximum absolute atomic E-state index is 12.5. The summed E-state index contributed by atoms with van der Waals surface area (Å²) in [5.74, 6) is 0.0116. The van der Waals surface area contributed by atoms with Crippen molar-refractivity contribution in [2.45, 2.75) is 30.2 Å². The molecule has 0 fully saturated rings. The zero-order valence-corrected chi connectivity index (χ0v) is 17.3. The average molecular weight is 453 g/mol. The van der Waals surface area contributed by atoms with Gasteiger partial charge in [0.2, 0.25) is 11.1 Å². The quantitative estimate of drug-likeness (QED) is 0.520. The first kappa shape index (κ1) is 22.4. The summed E-state index contributed by atoms with van der Waals surface area (Å²) < 4.78 is 47.2. The van der Waals surface area contributed by atoms with Crippen LogP contribution in [0.3, 0.4) is 0 Å². The van der Waals surface area contributed by atoms with Gasteiger partial charge < -0.3 is 14.8 Å². The highest BCUT2D eigenvalue weighted by Gasteiger charge is 2.31. The number of carbonyl (C=O) groups excluding carboxylic acids is 1. The number of methoxy groups -OCH3 is 1. The van der Waals surface area contributed by atoms with Crippen LogP contribution in [0.1, 0.15) is 12.5 Å². The van der Waals surface area contributed by atoms with E-state index in [1.54, 1.807) is 18.7 Å². The molecule has 1 heterocycles. The van der Waals surface area contributed by atoms with Crippen LogP contribution >= 0.6 is 11.8 Å². The molecule has 0 aliphatic rings. The smallest absolute Gasteiger partial charge is 0.497 e. The normalized spacial score (nSPS) is 12.3. The average Bonchev–Trinajstić information content (AvgIpc) is 3.15. The number of aromatic nitrogens is 4. The Morgan fingerprint density at radius 1 is 1.13 bits per heavy atom. The Bertz CT molecular complexity index is 1010. The number of amides is 1. The zero-order valence-electron chi connectivity index (χ0n) is 16.5. The molecule has 31 heavy (non-hydrogen) atoms. The summed E-state index contributed by atoms with van der Waals surface area (Å²) in [6, 6.07) is 12.3. The van der Waals surface area contributed by atoms with Crippen LogP contribution in [0.4, 0.5) is 18.9 Å². The van der Waals surface area contributed by atoms with E-state index in [0.29, 0.717) is 17.4 Å². The third-order valence-electron chi connectivity index (χ3n) is 4.00. The third-order valence-corrected chi connectivity index (χ3v) is 5.07. The minimum absolute atomic E-state index is 0.338.